The van der Waals surface area contributed by atoms with Gasteiger partial charge in [-0.1, -0.05) is 18.2 Å². The van der Waals surface area contributed by atoms with Crippen LogP contribution in [0.3, 0.4) is 0 Å². The number of benzene rings is 1. The van der Waals surface area contributed by atoms with Gasteiger partial charge in [0.1, 0.15) is 17.3 Å². The summed E-state index contributed by atoms with van der Waals surface area (Å²) in [7, 11) is 3.36. The number of nitrogens with zero attached hydrogens (tertiary/aromatic N) is 3. The molecule has 0 aliphatic heterocycles. The van der Waals surface area contributed by atoms with E-state index in [1.807, 2.05) is 55.8 Å². The van der Waals surface area contributed by atoms with Crippen LogP contribution in [0.1, 0.15) is 5.56 Å². The van der Waals surface area contributed by atoms with Crippen LogP contribution in [0.2, 0.25) is 0 Å². The van der Waals surface area contributed by atoms with Gasteiger partial charge in [-0.2, -0.15) is 5.26 Å². The zero-order chi connectivity index (χ0) is 21.8. The van der Waals surface area contributed by atoms with Crippen molar-refractivity contribution in [3.8, 4) is 28.3 Å². The van der Waals surface area contributed by atoms with Gasteiger partial charge in [0.25, 0.3) is 5.91 Å². The average Bonchev–Trinajstić information content (AvgIpc) is 3.25. The molecule has 3 N–H and O–H groups in total. The van der Waals surface area contributed by atoms with Crippen LogP contribution in [-0.2, 0) is 4.79 Å². The van der Waals surface area contributed by atoms with E-state index in [9.17, 15) is 10.1 Å². The number of nitriles is 1. The molecular weight excluding hydrogens is 388 g/mol. The lowest BCUT2D eigenvalue weighted by molar-refractivity contribution is -0.116. The largest absolute Gasteiger partial charge is 0.387 e. The summed E-state index contributed by atoms with van der Waals surface area (Å²) in [6.07, 6.45) is 8.90. The molecule has 4 aromatic rings. The maximum Gasteiger partial charge on any atom is 0.261 e. The van der Waals surface area contributed by atoms with Gasteiger partial charge in [-0.3, -0.25) is 9.78 Å². The minimum Gasteiger partial charge on any atom is -0.387 e. The van der Waals surface area contributed by atoms with E-state index in [1.54, 1.807) is 18.5 Å². The van der Waals surface area contributed by atoms with E-state index in [-0.39, 0.29) is 5.57 Å². The highest BCUT2D eigenvalue weighted by molar-refractivity contribution is 6.01. The van der Waals surface area contributed by atoms with Gasteiger partial charge in [-0.25, -0.2) is 4.98 Å². The van der Waals surface area contributed by atoms with Gasteiger partial charge in [0.2, 0.25) is 0 Å². The molecule has 7 nitrogen and oxygen atoms in total. The van der Waals surface area contributed by atoms with E-state index < -0.39 is 5.91 Å². The molecule has 0 unspecified atom stereocenters. The van der Waals surface area contributed by atoms with Crippen molar-refractivity contribution in [1.29, 1.82) is 5.26 Å². The predicted octanol–water partition coefficient (Wildman–Crippen LogP) is 3.99. The zero-order valence-corrected chi connectivity index (χ0v) is 17.1. The molecule has 1 aromatic carbocycles. The van der Waals surface area contributed by atoms with Crippen molar-refractivity contribution in [2.24, 2.45) is 0 Å². The Bertz CT molecular complexity index is 1350. The molecular formula is C24H20N6O. The van der Waals surface area contributed by atoms with E-state index >= 15 is 0 Å². The van der Waals surface area contributed by atoms with E-state index in [1.165, 1.54) is 7.05 Å². The number of hydrogen-bond donors (Lipinski definition) is 3. The topological polar surface area (TPSA) is 106 Å². The van der Waals surface area contributed by atoms with Crippen molar-refractivity contribution in [2.45, 2.75) is 0 Å². The van der Waals surface area contributed by atoms with Crippen molar-refractivity contribution in [3.63, 3.8) is 0 Å². The second-order valence-corrected chi connectivity index (χ2v) is 6.91. The first-order chi connectivity index (χ1) is 15.1. The molecule has 0 fully saturated rings. The summed E-state index contributed by atoms with van der Waals surface area (Å²) in [5, 5.41) is 15.8. The number of pyridine rings is 2. The highest BCUT2D eigenvalue weighted by atomic mass is 16.1. The molecule has 0 spiro atoms. The van der Waals surface area contributed by atoms with Gasteiger partial charge in [0.15, 0.2) is 0 Å². The number of aromatic nitrogens is 3. The van der Waals surface area contributed by atoms with Crippen LogP contribution < -0.4 is 10.6 Å². The van der Waals surface area contributed by atoms with Crippen molar-refractivity contribution >= 4 is 28.7 Å². The van der Waals surface area contributed by atoms with Gasteiger partial charge in [0.05, 0.1) is 5.69 Å². The molecule has 3 aromatic heterocycles. The minimum atomic E-state index is -0.412. The minimum absolute atomic E-state index is 0.0538. The lowest BCUT2D eigenvalue weighted by atomic mass is 10.0. The average molecular weight is 408 g/mol. The second kappa shape index (κ2) is 8.51. The number of hydrogen-bond acceptors (Lipinski definition) is 5. The number of likely N-dealkylation sites (N-methyl/N-ethyl adjacent to an activating group) is 1. The Morgan fingerprint density at radius 1 is 1.10 bits per heavy atom. The van der Waals surface area contributed by atoms with Crippen LogP contribution in [0.25, 0.3) is 39.4 Å². The quantitative estimate of drug-likeness (QED) is 0.342. The molecule has 31 heavy (non-hydrogen) atoms. The number of fused-ring (bicyclic) bond motifs is 1. The molecule has 0 bridgehead atoms. The van der Waals surface area contributed by atoms with Gasteiger partial charge in [-0.05, 0) is 35.4 Å². The Balaban J connectivity index is 1.77. The summed E-state index contributed by atoms with van der Waals surface area (Å²) in [6.45, 7) is 0. The Labute approximate surface area is 179 Å². The van der Waals surface area contributed by atoms with E-state index in [0.29, 0.717) is 0 Å². The number of anilines is 1. The van der Waals surface area contributed by atoms with Crippen molar-refractivity contribution in [3.05, 3.63) is 72.3 Å². The van der Waals surface area contributed by atoms with Crippen LogP contribution in [0, 0.1) is 11.3 Å². The fraction of sp³-hybridized carbons (Fsp3) is 0.0833. The Morgan fingerprint density at radius 3 is 2.74 bits per heavy atom. The summed E-state index contributed by atoms with van der Waals surface area (Å²) in [5.41, 5.74) is 6.40. The SMILES string of the molecule is CNC(=O)C(C#N)=Cc1cccc(-c2cnc3[nH]cc(-c4cncc(NC)c4)c3c2)c1. The Morgan fingerprint density at radius 2 is 1.97 bits per heavy atom. The number of carbonyl (C=O) groups is 1. The fourth-order valence-corrected chi connectivity index (χ4v) is 3.38. The molecule has 152 valence electrons. The lowest BCUT2D eigenvalue weighted by Crippen LogP contribution is -2.19. The maximum absolute atomic E-state index is 11.8. The number of amides is 1. The van der Waals surface area contributed by atoms with Gasteiger partial charge >= 0.3 is 0 Å². The molecule has 0 saturated carbocycles. The molecule has 7 heteroatoms. The maximum atomic E-state index is 11.8. The van der Waals surface area contributed by atoms with Crippen molar-refractivity contribution in [1.82, 2.24) is 20.3 Å². The number of rotatable bonds is 5. The monoisotopic (exact) mass is 408 g/mol. The molecule has 0 aliphatic rings. The van der Waals surface area contributed by atoms with E-state index in [2.05, 4.69) is 31.7 Å². The summed E-state index contributed by atoms with van der Waals surface area (Å²) >= 11 is 0. The predicted molar refractivity (Wildman–Crippen MR) is 122 cm³/mol. The van der Waals surface area contributed by atoms with Gasteiger partial charge in [0, 0.05) is 61.0 Å². The number of H-pyrrole nitrogens is 1. The third-order valence-corrected chi connectivity index (χ3v) is 4.99. The van der Waals surface area contributed by atoms with Crippen LogP contribution in [-0.4, -0.2) is 35.0 Å². The highest BCUT2D eigenvalue weighted by Gasteiger charge is 2.11. The van der Waals surface area contributed by atoms with Crippen LogP contribution in [0.5, 0.6) is 0 Å². The van der Waals surface area contributed by atoms with Crippen LogP contribution in [0.4, 0.5) is 5.69 Å². The van der Waals surface area contributed by atoms with E-state index in [0.717, 1.165) is 44.5 Å². The highest BCUT2D eigenvalue weighted by Crippen LogP contribution is 2.32. The third kappa shape index (κ3) is 4.00. The number of carbonyl (C=O) groups excluding carboxylic acids is 1. The molecule has 1 amide bonds. The molecule has 0 atom stereocenters. The van der Waals surface area contributed by atoms with Crippen LogP contribution >= 0.6 is 0 Å². The zero-order valence-electron chi connectivity index (χ0n) is 17.1. The molecule has 0 saturated heterocycles. The first-order valence-corrected chi connectivity index (χ1v) is 9.67. The summed E-state index contributed by atoms with van der Waals surface area (Å²) < 4.78 is 0. The normalized spacial score (nSPS) is 11.2. The van der Waals surface area contributed by atoms with Gasteiger partial charge < -0.3 is 15.6 Å². The number of nitrogens with one attached hydrogen (secondary N) is 3. The summed E-state index contributed by atoms with van der Waals surface area (Å²) in [6, 6.07) is 13.7. The van der Waals surface area contributed by atoms with Crippen molar-refractivity contribution in [2.75, 3.05) is 19.4 Å². The smallest absolute Gasteiger partial charge is 0.261 e. The first kappa shape index (κ1) is 19.9. The fourth-order valence-electron chi connectivity index (χ4n) is 3.38. The summed E-state index contributed by atoms with van der Waals surface area (Å²) in [4.78, 5) is 23.9. The first-order valence-electron chi connectivity index (χ1n) is 9.67. The van der Waals surface area contributed by atoms with Crippen molar-refractivity contribution < 1.29 is 4.79 Å². The standard InChI is InChI=1S/C24H20N6O/c1-26-20-8-19(11-28-13-20)22-14-30-23-21(22)9-18(12-29-23)16-5-3-4-15(6-16)7-17(10-25)24(31)27-2/h3-9,11-14,26H,1-2H3,(H,27,31)(H,29,30). The molecule has 4 rings (SSSR count). The molecule has 3 heterocycles. The molecule has 0 radical (unpaired) electrons. The lowest BCUT2D eigenvalue weighted by Gasteiger charge is -2.06. The van der Waals surface area contributed by atoms with Crippen LogP contribution in [0.15, 0.2) is 66.8 Å². The van der Waals surface area contributed by atoms with Gasteiger partial charge in [-0.15, -0.1) is 0 Å². The second-order valence-electron chi connectivity index (χ2n) is 6.91. The summed E-state index contributed by atoms with van der Waals surface area (Å²) in [5.74, 6) is -0.412. The Kier molecular flexibility index (Phi) is 5.45. The third-order valence-electron chi connectivity index (χ3n) is 4.99. The number of aromatic amines is 1. The van der Waals surface area contributed by atoms with E-state index in [4.69, 9.17) is 0 Å². The Hall–Kier alpha value is -4.44. The molecule has 0 aliphatic carbocycles.